The lowest BCUT2D eigenvalue weighted by molar-refractivity contribution is 0.0661. The second-order valence-corrected chi connectivity index (χ2v) is 5.67. The van der Waals surface area contributed by atoms with Gasteiger partial charge in [-0.1, -0.05) is 0 Å². The molecule has 0 unspecified atom stereocenters. The Kier molecular flexibility index (Phi) is 5.52. The number of hydrogen-bond acceptors (Lipinski definition) is 5. The van der Waals surface area contributed by atoms with Crippen molar-refractivity contribution in [1.29, 1.82) is 0 Å². The lowest BCUT2D eigenvalue weighted by atomic mass is 10.3. The molecular weight excluding hydrogens is 274 g/mol. The third-order valence-electron chi connectivity index (χ3n) is 2.44. The van der Waals surface area contributed by atoms with E-state index in [4.69, 9.17) is 14.3 Å². The maximum absolute atomic E-state index is 11.9. The number of furan rings is 1. The van der Waals surface area contributed by atoms with E-state index in [0.717, 1.165) is 12.5 Å². The highest BCUT2D eigenvalue weighted by Crippen LogP contribution is 2.19. The van der Waals surface area contributed by atoms with E-state index in [2.05, 4.69) is 4.72 Å². The van der Waals surface area contributed by atoms with Crippen molar-refractivity contribution < 1.29 is 27.5 Å². The Bertz CT molecular complexity index is 533. The fraction of sp³-hybridized carbons (Fsp3) is 0.545. The number of unbranched alkanes of at least 4 members (excludes halogenated alkanes) is 1. The highest BCUT2D eigenvalue weighted by atomic mass is 32.2. The third kappa shape index (κ3) is 4.34. The summed E-state index contributed by atoms with van der Waals surface area (Å²) in [4.78, 5) is 10.6. The lowest BCUT2D eigenvalue weighted by Gasteiger charge is -2.05. The third-order valence-corrected chi connectivity index (χ3v) is 4.01. The minimum absolute atomic E-state index is 0.0572. The average molecular weight is 291 g/mol. The zero-order chi connectivity index (χ0) is 14.5. The van der Waals surface area contributed by atoms with Crippen molar-refractivity contribution in [3.8, 4) is 0 Å². The van der Waals surface area contributed by atoms with Crippen LogP contribution in [0.2, 0.25) is 0 Å². The van der Waals surface area contributed by atoms with Gasteiger partial charge in [-0.25, -0.2) is 17.9 Å². The predicted molar refractivity (Wildman–Crippen MR) is 66.7 cm³/mol. The minimum atomic E-state index is -3.74. The van der Waals surface area contributed by atoms with Gasteiger partial charge < -0.3 is 14.3 Å². The van der Waals surface area contributed by atoms with Crippen LogP contribution in [-0.2, 0) is 14.8 Å². The van der Waals surface area contributed by atoms with Crippen LogP contribution >= 0.6 is 0 Å². The molecule has 0 aliphatic heterocycles. The van der Waals surface area contributed by atoms with Gasteiger partial charge in [0.05, 0.1) is 0 Å². The van der Waals surface area contributed by atoms with Gasteiger partial charge in [0.15, 0.2) is 0 Å². The Morgan fingerprint density at radius 1 is 1.47 bits per heavy atom. The number of rotatable bonds is 8. The maximum atomic E-state index is 11.9. The van der Waals surface area contributed by atoms with Gasteiger partial charge in [-0.05, 0) is 19.8 Å². The second kappa shape index (κ2) is 6.69. The number of sulfonamides is 1. The van der Waals surface area contributed by atoms with Crippen molar-refractivity contribution in [2.75, 3.05) is 20.3 Å². The number of carboxylic acids is 1. The van der Waals surface area contributed by atoms with Gasteiger partial charge in [-0.2, -0.15) is 0 Å². The first-order chi connectivity index (χ1) is 8.88. The molecule has 0 aliphatic carbocycles. The van der Waals surface area contributed by atoms with Crippen molar-refractivity contribution in [3.63, 3.8) is 0 Å². The minimum Gasteiger partial charge on any atom is -0.475 e. The highest BCUT2D eigenvalue weighted by molar-refractivity contribution is 7.89. The fourth-order valence-corrected chi connectivity index (χ4v) is 2.74. The normalized spacial score (nSPS) is 11.7. The number of nitrogens with one attached hydrogen (secondary N) is 1. The first kappa shape index (κ1) is 15.7. The van der Waals surface area contributed by atoms with E-state index in [1.54, 1.807) is 7.11 Å². The van der Waals surface area contributed by atoms with Crippen LogP contribution in [0.1, 0.15) is 29.2 Å². The summed E-state index contributed by atoms with van der Waals surface area (Å²) in [7, 11) is -2.16. The van der Waals surface area contributed by atoms with Gasteiger partial charge in [-0.3, -0.25) is 0 Å². The van der Waals surface area contributed by atoms with Gasteiger partial charge in [0.2, 0.25) is 15.8 Å². The molecule has 108 valence electrons. The topological polar surface area (TPSA) is 106 Å². The molecule has 0 bridgehead atoms. The maximum Gasteiger partial charge on any atom is 0.371 e. The van der Waals surface area contributed by atoms with Gasteiger partial charge in [-0.15, -0.1) is 0 Å². The molecule has 0 amide bonds. The molecule has 0 fully saturated rings. The lowest BCUT2D eigenvalue weighted by Crippen LogP contribution is -2.25. The van der Waals surface area contributed by atoms with Gasteiger partial charge in [0.25, 0.3) is 0 Å². The van der Waals surface area contributed by atoms with E-state index in [1.165, 1.54) is 6.92 Å². The number of methoxy groups -OCH3 is 1. The number of ether oxygens (including phenoxy) is 1. The zero-order valence-electron chi connectivity index (χ0n) is 10.8. The summed E-state index contributed by atoms with van der Waals surface area (Å²) >= 11 is 0. The summed E-state index contributed by atoms with van der Waals surface area (Å²) in [6.45, 7) is 2.24. The number of aromatic carboxylic acids is 1. The zero-order valence-corrected chi connectivity index (χ0v) is 11.6. The van der Waals surface area contributed by atoms with Crippen molar-refractivity contribution in [2.45, 2.75) is 24.7 Å². The molecule has 0 radical (unpaired) electrons. The van der Waals surface area contributed by atoms with Gasteiger partial charge >= 0.3 is 5.97 Å². The Labute approximate surface area is 111 Å². The van der Waals surface area contributed by atoms with Crippen molar-refractivity contribution in [1.82, 2.24) is 4.72 Å². The average Bonchev–Trinajstić information content (AvgIpc) is 2.72. The highest BCUT2D eigenvalue weighted by Gasteiger charge is 2.23. The predicted octanol–water partition coefficient (Wildman–Crippen LogP) is 0.991. The van der Waals surface area contributed by atoms with Gasteiger partial charge in [0, 0.05) is 26.3 Å². The molecule has 1 aromatic rings. The molecule has 1 rings (SSSR count). The van der Waals surface area contributed by atoms with Gasteiger partial charge in [0.1, 0.15) is 10.7 Å². The van der Waals surface area contributed by atoms with Crippen molar-refractivity contribution in [2.24, 2.45) is 0 Å². The van der Waals surface area contributed by atoms with Crippen LogP contribution in [-0.4, -0.2) is 39.8 Å². The van der Waals surface area contributed by atoms with Crippen LogP contribution in [0, 0.1) is 6.92 Å². The standard InChI is InChI=1S/C11H17NO6S/c1-8-10(7-9(18-8)11(13)14)19(15,16)12-5-3-4-6-17-2/h7,12H,3-6H2,1-2H3,(H,13,14). The Hall–Kier alpha value is -1.38. The number of aryl methyl sites for hydroxylation is 1. The molecule has 0 saturated heterocycles. The second-order valence-electron chi connectivity index (χ2n) is 3.93. The first-order valence-electron chi connectivity index (χ1n) is 5.71. The van der Waals surface area contributed by atoms with Crippen molar-refractivity contribution in [3.05, 3.63) is 17.6 Å². The summed E-state index contributed by atoms with van der Waals surface area (Å²) in [6, 6.07) is 1.01. The number of hydrogen-bond donors (Lipinski definition) is 2. The summed E-state index contributed by atoms with van der Waals surface area (Å²) in [5, 5.41) is 8.74. The molecule has 19 heavy (non-hydrogen) atoms. The molecule has 1 heterocycles. The summed E-state index contributed by atoms with van der Waals surface area (Å²) in [6.07, 6.45) is 1.37. The summed E-state index contributed by atoms with van der Waals surface area (Å²) in [5.41, 5.74) is 0. The molecular formula is C11H17NO6S. The molecule has 1 aromatic heterocycles. The Morgan fingerprint density at radius 3 is 2.68 bits per heavy atom. The van der Waals surface area contributed by atoms with E-state index in [-0.39, 0.29) is 17.2 Å². The molecule has 8 heteroatoms. The summed E-state index contributed by atoms with van der Waals surface area (Å²) in [5.74, 6) is -1.64. The van der Waals surface area contributed by atoms with Crippen LogP contribution in [0.5, 0.6) is 0 Å². The van der Waals surface area contributed by atoms with E-state index >= 15 is 0 Å². The molecule has 0 saturated carbocycles. The summed E-state index contributed by atoms with van der Waals surface area (Å²) < 4.78 is 36.0. The first-order valence-corrected chi connectivity index (χ1v) is 7.19. The molecule has 0 aromatic carbocycles. The van der Waals surface area contributed by atoms with Crippen LogP contribution < -0.4 is 4.72 Å². The van der Waals surface area contributed by atoms with Crippen LogP contribution in [0.15, 0.2) is 15.4 Å². The number of carbonyl (C=O) groups is 1. The fourth-order valence-electron chi connectivity index (χ4n) is 1.49. The Morgan fingerprint density at radius 2 is 2.16 bits per heavy atom. The van der Waals surface area contributed by atoms with E-state index in [9.17, 15) is 13.2 Å². The quantitative estimate of drug-likeness (QED) is 0.692. The van der Waals surface area contributed by atoms with Crippen LogP contribution in [0.3, 0.4) is 0 Å². The molecule has 7 nitrogen and oxygen atoms in total. The molecule has 0 aliphatic rings. The molecule has 2 N–H and O–H groups in total. The van der Waals surface area contributed by atoms with Crippen LogP contribution in [0.4, 0.5) is 0 Å². The SMILES string of the molecule is COCCCCNS(=O)(=O)c1cc(C(=O)O)oc1C. The van der Waals surface area contributed by atoms with Crippen LogP contribution in [0.25, 0.3) is 0 Å². The Balaban J connectivity index is 2.69. The van der Waals surface area contributed by atoms with Crippen molar-refractivity contribution >= 4 is 16.0 Å². The van der Waals surface area contributed by atoms with E-state index in [0.29, 0.717) is 13.0 Å². The van der Waals surface area contributed by atoms with E-state index < -0.39 is 21.8 Å². The van der Waals surface area contributed by atoms with E-state index in [1.807, 2.05) is 0 Å². The number of carboxylic acid groups (broad SMARTS) is 1. The molecule has 0 spiro atoms. The largest absolute Gasteiger partial charge is 0.475 e. The monoisotopic (exact) mass is 291 g/mol. The molecule has 0 atom stereocenters. The smallest absolute Gasteiger partial charge is 0.371 e.